The van der Waals surface area contributed by atoms with Gasteiger partial charge in [0.2, 0.25) is 5.89 Å². The summed E-state index contributed by atoms with van der Waals surface area (Å²) in [5, 5.41) is 17.7. The Labute approximate surface area is 180 Å². The van der Waals surface area contributed by atoms with Gasteiger partial charge in [-0.15, -0.1) is 10.2 Å². The van der Waals surface area contributed by atoms with Crippen molar-refractivity contribution in [3.63, 3.8) is 0 Å². The predicted octanol–water partition coefficient (Wildman–Crippen LogP) is 4.19. The third-order valence-electron chi connectivity index (χ3n) is 4.99. The summed E-state index contributed by atoms with van der Waals surface area (Å²) >= 11 is 0. The van der Waals surface area contributed by atoms with Crippen LogP contribution >= 0.6 is 0 Å². The van der Waals surface area contributed by atoms with Crippen LogP contribution in [0.4, 0.5) is 0 Å². The highest BCUT2D eigenvalue weighted by atomic mass is 16.4. The van der Waals surface area contributed by atoms with Gasteiger partial charge in [0.05, 0.1) is 24.2 Å². The summed E-state index contributed by atoms with van der Waals surface area (Å²) in [6, 6.07) is 15.4. The fourth-order valence-electron chi connectivity index (χ4n) is 3.12. The quantitative estimate of drug-likeness (QED) is 0.507. The zero-order valence-electron chi connectivity index (χ0n) is 17.7. The molecule has 0 amide bonds. The van der Waals surface area contributed by atoms with E-state index in [4.69, 9.17) is 9.40 Å². The number of rotatable bonds is 6. The van der Waals surface area contributed by atoms with Crippen molar-refractivity contribution in [1.29, 1.82) is 0 Å². The Bertz CT molecular complexity index is 1230. The van der Waals surface area contributed by atoms with E-state index >= 15 is 0 Å². The Morgan fingerprint density at radius 1 is 1.03 bits per heavy atom. The van der Waals surface area contributed by atoms with Gasteiger partial charge in [-0.25, -0.2) is 4.98 Å². The second kappa shape index (κ2) is 8.49. The Morgan fingerprint density at radius 3 is 2.48 bits per heavy atom. The molecule has 2 aromatic carbocycles. The zero-order chi connectivity index (χ0) is 22.0. The topological polar surface area (TPSA) is 88.2 Å². The number of aromatic nitrogens is 4. The molecule has 7 heteroatoms. The van der Waals surface area contributed by atoms with Crippen LogP contribution in [0.15, 0.2) is 65.7 Å². The molecule has 0 spiro atoms. The zero-order valence-corrected chi connectivity index (χ0v) is 17.7. The first-order valence-electron chi connectivity index (χ1n) is 9.81. The first-order chi connectivity index (χ1) is 15.0. The van der Waals surface area contributed by atoms with E-state index in [2.05, 4.69) is 21.8 Å². The molecule has 31 heavy (non-hydrogen) atoms. The van der Waals surface area contributed by atoms with Gasteiger partial charge in [-0.1, -0.05) is 43.0 Å². The van der Waals surface area contributed by atoms with Crippen LogP contribution in [-0.2, 0) is 6.61 Å². The van der Waals surface area contributed by atoms with Gasteiger partial charge in [-0.05, 0) is 30.2 Å². The van der Waals surface area contributed by atoms with Gasteiger partial charge < -0.3 is 14.4 Å². The van der Waals surface area contributed by atoms with E-state index in [0.29, 0.717) is 28.9 Å². The molecule has 7 nitrogen and oxygen atoms in total. The van der Waals surface area contributed by atoms with Crippen molar-refractivity contribution in [2.45, 2.75) is 13.5 Å². The molecule has 1 N–H and O–H groups in total. The molecule has 0 saturated carbocycles. The van der Waals surface area contributed by atoms with Crippen molar-refractivity contribution in [3.8, 4) is 34.3 Å². The van der Waals surface area contributed by atoms with Crippen molar-refractivity contribution in [3.05, 3.63) is 78.1 Å². The van der Waals surface area contributed by atoms with Crippen LogP contribution in [0.2, 0.25) is 0 Å². The van der Waals surface area contributed by atoms with Crippen LogP contribution in [-0.4, -0.2) is 44.3 Å². The second-order valence-electron chi connectivity index (χ2n) is 7.38. The highest BCUT2D eigenvalue weighted by Crippen LogP contribution is 2.27. The Balaban J connectivity index is 1.66. The SMILES string of the molecule is C=C(c1ccc(-c2cnc(C)c(-c3nnc(-c4cccc(CO)c4)o3)n2)cc1)N(C)C. The molecule has 4 rings (SSSR count). The van der Waals surface area contributed by atoms with Gasteiger partial charge in [-0.3, -0.25) is 4.98 Å². The van der Waals surface area contributed by atoms with E-state index < -0.39 is 0 Å². The van der Waals surface area contributed by atoms with E-state index in [1.54, 1.807) is 6.20 Å². The predicted molar refractivity (Wildman–Crippen MR) is 120 cm³/mol. The highest BCUT2D eigenvalue weighted by Gasteiger charge is 2.16. The van der Waals surface area contributed by atoms with E-state index in [1.807, 2.05) is 74.4 Å². The van der Waals surface area contributed by atoms with Crippen molar-refractivity contribution in [2.24, 2.45) is 0 Å². The fourth-order valence-corrected chi connectivity index (χ4v) is 3.12. The summed E-state index contributed by atoms with van der Waals surface area (Å²) in [6.07, 6.45) is 1.73. The Morgan fingerprint density at radius 2 is 1.77 bits per heavy atom. The number of nitrogens with zero attached hydrogens (tertiary/aromatic N) is 5. The van der Waals surface area contributed by atoms with Gasteiger partial charge in [0.1, 0.15) is 5.69 Å². The van der Waals surface area contributed by atoms with Crippen LogP contribution in [0.25, 0.3) is 40.0 Å². The highest BCUT2D eigenvalue weighted by molar-refractivity contribution is 5.68. The van der Waals surface area contributed by atoms with Crippen LogP contribution < -0.4 is 0 Å². The summed E-state index contributed by atoms with van der Waals surface area (Å²) in [5.74, 6) is 0.664. The van der Waals surface area contributed by atoms with Crippen molar-refractivity contribution in [2.75, 3.05) is 14.1 Å². The molecule has 0 radical (unpaired) electrons. The Hall–Kier alpha value is -3.84. The van der Waals surface area contributed by atoms with Crippen LogP contribution in [0.5, 0.6) is 0 Å². The second-order valence-corrected chi connectivity index (χ2v) is 7.38. The standard InChI is InChI=1S/C24H23N5O2/c1-15-22(24-28-27-23(31-24)20-7-5-6-17(12-20)14-30)26-21(13-25-15)19-10-8-18(9-11-19)16(2)29(3)4/h5-13,30H,2,14H2,1,3-4H3. The van der Waals surface area contributed by atoms with Crippen molar-refractivity contribution < 1.29 is 9.52 Å². The number of aryl methyl sites for hydroxylation is 1. The van der Waals surface area contributed by atoms with Crippen LogP contribution in [0.3, 0.4) is 0 Å². The number of benzene rings is 2. The van der Waals surface area contributed by atoms with Gasteiger partial charge in [0, 0.05) is 30.9 Å². The van der Waals surface area contributed by atoms with Gasteiger partial charge >= 0.3 is 0 Å². The first-order valence-corrected chi connectivity index (χ1v) is 9.81. The van der Waals surface area contributed by atoms with E-state index in [9.17, 15) is 5.11 Å². The number of hydrogen-bond donors (Lipinski definition) is 1. The molecule has 2 aromatic heterocycles. The third kappa shape index (κ3) is 4.22. The lowest BCUT2D eigenvalue weighted by Crippen LogP contribution is -2.08. The van der Waals surface area contributed by atoms with Crippen molar-refractivity contribution >= 4 is 5.70 Å². The summed E-state index contributed by atoms with van der Waals surface area (Å²) < 4.78 is 5.88. The maximum absolute atomic E-state index is 9.35. The van der Waals surface area contributed by atoms with Gasteiger partial charge in [0.15, 0.2) is 0 Å². The lowest BCUT2D eigenvalue weighted by Gasteiger charge is -2.16. The van der Waals surface area contributed by atoms with E-state index in [0.717, 1.165) is 28.0 Å². The van der Waals surface area contributed by atoms with Crippen LogP contribution in [0, 0.1) is 6.92 Å². The normalized spacial score (nSPS) is 10.8. The minimum atomic E-state index is -0.0534. The molecule has 0 fully saturated rings. The molecule has 4 aromatic rings. The number of aliphatic hydroxyl groups is 1. The van der Waals surface area contributed by atoms with E-state index in [-0.39, 0.29) is 6.61 Å². The van der Waals surface area contributed by atoms with E-state index in [1.165, 1.54) is 0 Å². The molecular weight excluding hydrogens is 390 g/mol. The molecular formula is C24H23N5O2. The Kier molecular flexibility index (Phi) is 5.60. The summed E-state index contributed by atoms with van der Waals surface area (Å²) in [4.78, 5) is 11.2. The average molecular weight is 413 g/mol. The molecule has 0 bridgehead atoms. The largest absolute Gasteiger partial charge is 0.415 e. The summed E-state index contributed by atoms with van der Waals surface area (Å²) in [5.41, 5.74) is 6.37. The average Bonchev–Trinajstić information content (AvgIpc) is 3.29. The smallest absolute Gasteiger partial charge is 0.268 e. The molecule has 0 atom stereocenters. The molecule has 0 aliphatic rings. The fraction of sp³-hybridized carbons (Fsp3) is 0.167. The molecule has 0 saturated heterocycles. The first kappa shape index (κ1) is 20.4. The molecule has 0 aliphatic heterocycles. The minimum absolute atomic E-state index is 0.0534. The molecule has 156 valence electrons. The monoisotopic (exact) mass is 413 g/mol. The minimum Gasteiger partial charge on any atom is -0.415 e. The molecule has 0 unspecified atom stereocenters. The van der Waals surface area contributed by atoms with Crippen molar-refractivity contribution in [1.82, 2.24) is 25.1 Å². The number of aliphatic hydroxyl groups excluding tert-OH is 1. The van der Waals surface area contributed by atoms with Crippen LogP contribution in [0.1, 0.15) is 16.8 Å². The molecule has 0 aliphatic carbocycles. The van der Waals surface area contributed by atoms with Gasteiger partial charge in [-0.2, -0.15) is 0 Å². The molecule has 2 heterocycles. The van der Waals surface area contributed by atoms with Gasteiger partial charge in [0.25, 0.3) is 5.89 Å². The lowest BCUT2D eigenvalue weighted by molar-refractivity contribution is 0.282. The number of hydrogen-bond acceptors (Lipinski definition) is 7. The maximum Gasteiger partial charge on any atom is 0.268 e. The summed E-state index contributed by atoms with van der Waals surface area (Å²) in [6.45, 7) is 5.89. The lowest BCUT2D eigenvalue weighted by atomic mass is 10.1. The third-order valence-corrected chi connectivity index (χ3v) is 4.99. The summed E-state index contributed by atoms with van der Waals surface area (Å²) in [7, 11) is 3.93. The maximum atomic E-state index is 9.35.